The van der Waals surface area contributed by atoms with Crippen LogP contribution in [0.2, 0.25) is 0 Å². The number of pyridine rings is 1. The second kappa shape index (κ2) is 9.81. The van der Waals surface area contributed by atoms with Gasteiger partial charge in [-0.3, -0.25) is 14.6 Å². The molecule has 0 aliphatic rings. The van der Waals surface area contributed by atoms with Gasteiger partial charge in [0.2, 0.25) is 0 Å². The van der Waals surface area contributed by atoms with E-state index in [4.69, 9.17) is 15.6 Å². The molecule has 2 aromatic carbocycles. The molecule has 0 unspecified atom stereocenters. The van der Waals surface area contributed by atoms with Crippen LogP contribution < -0.4 is 11.1 Å². The van der Waals surface area contributed by atoms with Gasteiger partial charge in [0.05, 0.1) is 16.8 Å². The van der Waals surface area contributed by atoms with Gasteiger partial charge < -0.3 is 16.2 Å². The Labute approximate surface area is 189 Å². The van der Waals surface area contributed by atoms with E-state index < -0.39 is 18.1 Å². The topological polar surface area (TPSA) is 140 Å². The third-order valence-electron chi connectivity index (χ3n) is 4.36. The molecule has 0 radical (unpaired) electrons. The average molecular weight is 471 g/mol. The first-order valence-electron chi connectivity index (χ1n) is 9.46. The summed E-state index contributed by atoms with van der Waals surface area (Å²) in [5, 5.41) is 15.2. The Morgan fingerprint density at radius 1 is 1.00 bits per heavy atom. The van der Waals surface area contributed by atoms with Crippen LogP contribution in [0.1, 0.15) is 20.7 Å². The summed E-state index contributed by atoms with van der Waals surface area (Å²) < 4.78 is 33.4. The zero-order chi connectivity index (χ0) is 24.9. The van der Waals surface area contributed by atoms with Gasteiger partial charge in [-0.2, -0.15) is 18.3 Å². The van der Waals surface area contributed by atoms with Crippen LogP contribution in [0.25, 0.3) is 16.6 Å². The number of aliphatic carboxylic acids is 1. The average Bonchev–Trinajstić information content (AvgIpc) is 3.24. The van der Waals surface area contributed by atoms with Crippen LogP contribution in [0, 0.1) is 0 Å². The third-order valence-corrected chi connectivity index (χ3v) is 4.36. The lowest BCUT2D eigenvalue weighted by Crippen LogP contribution is -2.21. The SMILES string of the molecule is NC(=O)c1cccc2cn(-c3ccc(NC(=O)c4cccnc4)cc3)nc12.O=C(O)C(F)(F)F. The number of nitrogens with zero attached hydrogens (tertiary/aromatic N) is 3. The van der Waals surface area contributed by atoms with Crippen molar-refractivity contribution in [1.29, 1.82) is 0 Å². The molecule has 2 heterocycles. The van der Waals surface area contributed by atoms with E-state index in [0.717, 1.165) is 11.1 Å². The summed E-state index contributed by atoms with van der Waals surface area (Å²) in [4.78, 5) is 36.6. The number of carboxylic acid groups (broad SMARTS) is 1. The first kappa shape index (κ1) is 23.9. The number of hydrogen-bond donors (Lipinski definition) is 3. The van der Waals surface area contributed by atoms with Gasteiger partial charge >= 0.3 is 12.1 Å². The predicted molar refractivity (Wildman–Crippen MR) is 115 cm³/mol. The van der Waals surface area contributed by atoms with E-state index >= 15 is 0 Å². The van der Waals surface area contributed by atoms with Crippen LogP contribution in [0.4, 0.5) is 18.9 Å². The maximum absolute atomic E-state index is 12.2. The molecule has 2 aromatic heterocycles. The van der Waals surface area contributed by atoms with Gasteiger partial charge in [-0.15, -0.1) is 0 Å². The summed E-state index contributed by atoms with van der Waals surface area (Å²) in [6.45, 7) is 0. The molecule has 0 fully saturated rings. The molecule has 4 N–H and O–H groups in total. The van der Waals surface area contributed by atoms with Gasteiger partial charge in [-0.25, -0.2) is 9.48 Å². The number of halogens is 3. The van der Waals surface area contributed by atoms with E-state index in [9.17, 15) is 22.8 Å². The van der Waals surface area contributed by atoms with Crippen molar-refractivity contribution in [2.24, 2.45) is 5.73 Å². The summed E-state index contributed by atoms with van der Waals surface area (Å²) in [6.07, 6.45) is -0.135. The van der Waals surface area contributed by atoms with E-state index in [0.29, 0.717) is 22.3 Å². The number of amides is 2. The van der Waals surface area contributed by atoms with E-state index in [1.807, 2.05) is 24.4 Å². The minimum atomic E-state index is -5.08. The third kappa shape index (κ3) is 5.73. The highest BCUT2D eigenvalue weighted by Gasteiger charge is 2.38. The van der Waals surface area contributed by atoms with Gasteiger partial charge in [0.15, 0.2) is 0 Å². The number of carbonyl (C=O) groups excluding carboxylic acids is 2. The second-order valence-electron chi connectivity index (χ2n) is 6.73. The summed E-state index contributed by atoms with van der Waals surface area (Å²) in [6, 6.07) is 15.9. The van der Waals surface area contributed by atoms with E-state index in [-0.39, 0.29) is 5.91 Å². The molecule has 0 aliphatic carbocycles. The maximum atomic E-state index is 12.2. The molecule has 0 bridgehead atoms. The quantitative estimate of drug-likeness (QED) is 0.417. The Morgan fingerprint density at radius 2 is 1.68 bits per heavy atom. The molecule has 0 saturated heterocycles. The van der Waals surface area contributed by atoms with Crippen molar-refractivity contribution < 1.29 is 32.7 Å². The van der Waals surface area contributed by atoms with Gasteiger partial charge in [0.1, 0.15) is 5.52 Å². The number of primary amides is 1. The number of fused-ring (bicyclic) bond motifs is 1. The lowest BCUT2D eigenvalue weighted by molar-refractivity contribution is -0.192. The van der Waals surface area contributed by atoms with Crippen molar-refractivity contribution in [3.8, 4) is 5.69 Å². The Hall–Kier alpha value is -4.74. The first-order valence-corrected chi connectivity index (χ1v) is 9.46. The normalized spacial score (nSPS) is 10.8. The lowest BCUT2D eigenvalue weighted by atomic mass is 10.1. The van der Waals surface area contributed by atoms with Crippen molar-refractivity contribution in [3.05, 3.63) is 84.3 Å². The fourth-order valence-electron chi connectivity index (χ4n) is 2.77. The highest BCUT2D eigenvalue weighted by atomic mass is 19.4. The van der Waals surface area contributed by atoms with Crippen molar-refractivity contribution in [2.45, 2.75) is 6.18 Å². The number of benzene rings is 2. The molecule has 4 aromatic rings. The largest absolute Gasteiger partial charge is 0.490 e. The highest BCUT2D eigenvalue weighted by molar-refractivity contribution is 6.05. The first-order chi connectivity index (χ1) is 16.1. The number of alkyl halides is 3. The minimum Gasteiger partial charge on any atom is -0.475 e. The van der Waals surface area contributed by atoms with Gasteiger partial charge in [0, 0.05) is 29.7 Å². The van der Waals surface area contributed by atoms with Crippen molar-refractivity contribution >= 4 is 34.4 Å². The zero-order valence-corrected chi connectivity index (χ0v) is 17.2. The minimum absolute atomic E-state index is 0.230. The fourth-order valence-corrected chi connectivity index (χ4v) is 2.77. The van der Waals surface area contributed by atoms with Crippen LogP contribution in [0.5, 0.6) is 0 Å². The van der Waals surface area contributed by atoms with Crippen molar-refractivity contribution in [1.82, 2.24) is 14.8 Å². The summed E-state index contributed by atoms with van der Waals surface area (Å²) in [7, 11) is 0. The Balaban J connectivity index is 0.000000406. The number of aromatic nitrogens is 3. The van der Waals surface area contributed by atoms with Crippen molar-refractivity contribution in [3.63, 3.8) is 0 Å². The Bertz CT molecular complexity index is 1340. The van der Waals surface area contributed by atoms with E-state index in [1.165, 1.54) is 6.20 Å². The van der Waals surface area contributed by atoms with Crippen LogP contribution in [0.15, 0.2) is 73.2 Å². The molecule has 4 rings (SSSR count). The van der Waals surface area contributed by atoms with E-state index in [1.54, 1.807) is 47.3 Å². The van der Waals surface area contributed by atoms with E-state index in [2.05, 4.69) is 15.4 Å². The molecule has 0 atom stereocenters. The summed E-state index contributed by atoms with van der Waals surface area (Å²) in [5.74, 6) is -3.50. The number of nitrogens with two attached hydrogens (primary N) is 1. The number of carboxylic acids is 1. The molecule has 0 spiro atoms. The molecular weight excluding hydrogens is 455 g/mol. The number of anilines is 1. The van der Waals surface area contributed by atoms with Gasteiger partial charge in [-0.05, 0) is 42.5 Å². The molecule has 0 aliphatic heterocycles. The van der Waals surface area contributed by atoms with Crippen molar-refractivity contribution in [2.75, 3.05) is 5.32 Å². The lowest BCUT2D eigenvalue weighted by Gasteiger charge is -2.06. The number of rotatable bonds is 4. The van der Waals surface area contributed by atoms with Gasteiger partial charge in [0.25, 0.3) is 11.8 Å². The van der Waals surface area contributed by atoms with Crippen LogP contribution in [-0.4, -0.2) is 43.8 Å². The second-order valence-corrected chi connectivity index (χ2v) is 6.73. The zero-order valence-electron chi connectivity index (χ0n) is 17.2. The Kier molecular flexibility index (Phi) is 6.90. The Morgan fingerprint density at radius 3 is 2.24 bits per heavy atom. The molecule has 34 heavy (non-hydrogen) atoms. The maximum Gasteiger partial charge on any atom is 0.490 e. The summed E-state index contributed by atoms with van der Waals surface area (Å²) >= 11 is 0. The fraction of sp³-hybridized carbons (Fsp3) is 0.0455. The standard InChI is InChI=1S/C20H15N5O2.C2HF3O2/c21-19(26)17-5-1-3-14-12-25(24-18(14)17)16-8-6-15(7-9-16)23-20(27)13-4-2-10-22-11-13;3-2(4,5)1(6)7/h1-12H,(H2,21,26)(H,23,27);(H,6,7). The molecular formula is C22H16F3N5O4. The number of nitrogens with one attached hydrogen (secondary N) is 1. The van der Waals surface area contributed by atoms with Crippen LogP contribution in [-0.2, 0) is 4.79 Å². The predicted octanol–water partition coefficient (Wildman–Crippen LogP) is 3.41. The number of hydrogen-bond acceptors (Lipinski definition) is 5. The molecule has 174 valence electrons. The molecule has 9 nitrogen and oxygen atoms in total. The molecule has 2 amide bonds. The van der Waals surface area contributed by atoms with Crippen LogP contribution in [0.3, 0.4) is 0 Å². The smallest absolute Gasteiger partial charge is 0.475 e. The molecule has 0 saturated carbocycles. The molecule has 12 heteroatoms. The highest BCUT2D eigenvalue weighted by Crippen LogP contribution is 2.20. The van der Waals surface area contributed by atoms with Gasteiger partial charge in [-0.1, -0.05) is 12.1 Å². The number of carbonyl (C=O) groups is 3. The monoisotopic (exact) mass is 471 g/mol. The van der Waals surface area contributed by atoms with Crippen LogP contribution >= 0.6 is 0 Å². The summed E-state index contributed by atoms with van der Waals surface area (Å²) in [5.41, 5.74) is 8.28.